The monoisotopic (exact) mass is 505 g/mol. The second kappa shape index (κ2) is 10.8. The molecule has 36 heavy (non-hydrogen) atoms. The average Bonchev–Trinajstić information content (AvgIpc) is 3.68. The molecule has 1 unspecified atom stereocenters. The fourth-order valence-electron chi connectivity index (χ4n) is 4.44. The standard InChI is InChI=1S/C25H27N7O3S/c1-17-8-9-21(35-17)24-28-30-32(29-24)16-22(33)31(15-20-7-4-14-36-20)23(18-10-12-26-13-11-18)25(34)27-19-5-2-3-6-19/h4,7-14,19,23H,2-3,5-6,15-16H2,1H3,(H,27,34). The van der Waals surface area contributed by atoms with Crippen LogP contribution in [-0.4, -0.2) is 47.9 Å². The molecule has 4 aromatic rings. The van der Waals surface area contributed by atoms with Crippen LogP contribution < -0.4 is 5.32 Å². The molecule has 186 valence electrons. The molecular weight excluding hydrogens is 478 g/mol. The maximum atomic E-state index is 13.7. The van der Waals surface area contributed by atoms with Crippen molar-refractivity contribution in [2.45, 2.75) is 57.8 Å². The highest BCUT2D eigenvalue weighted by Gasteiger charge is 2.34. The van der Waals surface area contributed by atoms with E-state index in [4.69, 9.17) is 4.42 Å². The van der Waals surface area contributed by atoms with Crippen molar-refractivity contribution in [1.29, 1.82) is 0 Å². The SMILES string of the molecule is Cc1ccc(-c2nnn(CC(=O)N(Cc3cccs3)C(C(=O)NC3CCCC3)c3ccncc3)n2)o1. The van der Waals surface area contributed by atoms with Gasteiger partial charge in [0.15, 0.2) is 5.76 Å². The lowest BCUT2D eigenvalue weighted by molar-refractivity contribution is -0.142. The Morgan fingerprint density at radius 1 is 1.19 bits per heavy atom. The average molecular weight is 506 g/mol. The van der Waals surface area contributed by atoms with Crippen molar-refractivity contribution in [3.8, 4) is 11.6 Å². The van der Waals surface area contributed by atoms with Gasteiger partial charge in [-0.05, 0) is 66.3 Å². The number of carbonyl (C=O) groups excluding carboxylic acids is 2. The fraction of sp³-hybridized carbons (Fsp3) is 0.360. The molecule has 0 spiro atoms. The van der Waals surface area contributed by atoms with Gasteiger partial charge in [0.1, 0.15) is 18.3 Å². The molecule has 0 saturated heterocycles. The molecule has 10 nitrogen and oxygen atoms in total. The van der Waals surface area contributed by atoms with E-state index in [0.29, 0.717) is 17.1 Å². The van der Waals surface area contributed by atoms with E-state index in [2.05, 4.69) is 25.7 Å². The zero-order valence-electron chi connectivity index (χ0n) is 19.9. The van der Waals surface area contributed by atoms with Crippen molar-refractivity contribution >= 4 is 23.2 Å². The van der Waals surface area contributed by atoms with E-state index < -0.39 is 6.04 Å². The Bertz CT molecular complexity index is 1300. The van der Waals surface area contributed by atoms with Gasteiger partial charge in [-0.2, -0.15) is 4.80 Å². The van der Waals surface area contributed by atoms with E-state index in [1.807, 2.05) is 30.5 Å². The Morgan fingerprint density at radius 2 is 2.00 bits per heavy atom. The van der Waals surface area contributed by atoms with Crippen LogP contribution in [0.1, 0.15) is 47.9 Å². The van der Waals surface area contributed by atoms with Gasteiger partial charge < -0.3 is 14.6 Å². The summed E-state index contributed by atoms with van der Waals surface area (Å²) >= 11 is 1.54. The number of tetrazole rings is 1. The molecule has 5 rings (SSSR count). The van der Waals surface area contributed by atoms with E-state index in [1.54, 1.807) is 35.5 Å². The van der Waals surface area contributed by atoms with Crippen LogP contribution in [-0.2, 0) is 22.7 Å². The van der Waals surface area contributed by atoms with Gasteiger partial charge in [-0.3, -0.25) is 14.6 Å². The third kappa shape index (κ3) is 5.51. The Kier molecular flexibility index (Phi) is 7.17. The number of nitrogens with zero attached hydrogens (tertiary/aromatic N) is 6. The van der Waals surface area contributed by atoms with Crippen LogP contribution in [0.4, 0.5) is 0 Å². The van der Waals surface area contributed by atoms with Crippen molar-refractivity contribution in [3.63, 3.8) is 0 Å². The minimum atomic E-state index is -0.820. The molecule has 0 aromatic carbocycles. The molecule has 11 heteroatoms. The number of amides is 2. The van der Waals surface area contributed by atoms with Crippen LogP contribution in [0.25, 0.3) is 11.6 Å². The molecule has 1 aliphatic carbocycles. The second-order valence-corrected chi connectivity index (χ2v) is 9.86. The first-order valence-electron chi connectivity index (χ1n) is 11.9. The largest absolute Gasteiger partial charge is 0.458 e. The predicted molar refractivity (Wildman–Crippen MR) is 133 cm³/mol. The number of carbonyl (C=O) groups is 2. The summed E-state index contributed by atoms with van der Waals surface area (Å²) in [5, 5.41) is 17.5. The van der Waals surface area contributed by atoms with Gasteiger partial charge in [-0.15, -0.1) is 21.5 Å². The van der Waals surface area contributed by atoms with Gasteiger partial charge in [-0.1, -0.05) is 18.9 Å². The third-order valence-electron chi connectivity index (χ3n) is 6.20. The lowest BCUT2D eigenvalue weighted by Gasteiger charge is -2.31. The summed E-state index contributed by atoms with van der Waals surface area (Å²) in [5.41, 5.74) is 0.698. The van der Waals surface area contributed by atoms with Gasteiger partial charge >= 0.3 is 0 Å². The number of aromatic nitrogens is 5. The van der Waals surface area contributed by atoms with E-state index in [1.165, 1.54) is 16.1 Å². The van der Waals surface area contributed by atoms with Crippen LogP contribution >= 0.6 is 11.3 Å². The molecule has 1 fully saturated rings. The van der Waals surface area contributed by atoms with E-state index in [9.17, 15) is 9.59 Å². The Balaban J connectivity index is 1.43. The maximum Gasteiger partial charge on any atom is 0.247 e. The lowest BCUT2D eigenvalue weighted by atomic mass is 10.0. The van der Waals surface area contributed by atoms with Crippen LogP contribution in [0.3, 0.4) is 0 Å². The smallest absolute Gasteiger partial charge is 0.247 e. The lowest BCUT2D eigenvalue weighted by Crippen LogP contribution is -2.46. The number of hydrogen-bond donors (Lipinski definition) is 1. The molecule has 1 atom stereocenters. The summed E-state index contributed by atoms with van der Waals surface area (Å²) in [6, 6.07) is 10.3. The second-order valence-electron chi connectivity index (χ2n) is 8.83. The number of furan rings is 1. The zero-order valence-corrected chi connectivity index (χ0v) is 20.7. The Labute approximate surface area is 212 Å². The van der Waals surface area contributed by atoms with E-state index >= 15 is 0 Å². The van der Waals surface area contributed by atoms with Crippen LogP contribution in [0, 0.1) is 6.92 Å². The van der Waals surface area contributed by atoms with Crippen molar-refractivity contribution in [2.75, 3.05) is 0 Å². The number of nitrogens with one attached hydrogen (secondary N) is 1. The Morgan fingerprint density at radius 3 is 2.69 bits per heavy atom. The van der Waals surface area contributed by atoms with Gasteiger partial charge in [0.25, 0.3) is 0 Å². The van der Waals surface area contributed by atoms with Crippen molar-refractivity contribution in [3.05, 3.63) is 70.4 Å². The minimum Gasteiger partial charge on any atom is -0.458 e. The number of aryl methyl sites for hydroxylation is 1. The molecule has 0 bridgehead atoms. The van der Waals surface area contributed by atoms with Crippen LogP contribution in [0.5, 0.6) is 0 Å². The molecular formula is C25H27N7O3S. The summed E-state index contributed by atoms with van der Waals surface area (Å²) in [6.45, 7) is 1.94. The molecule has 2 amide bonds. The van der Waals surface area contributed by atoms with E-state index in [-0.39, 0.29) is 30.9 Å². The number of thiophene rings is 1. The quantitative estimate of drug-likeness (QED) is 0.370. The Hall–Kier alpha value is -3.86. The van der Waals surface area contributed by atoms with Crippen molar-refractivity contribution in [1.82, 2.24) is 35.4 Å². The molecule has 1 aliphatic rings. The van der Waals surface area contributed by atoms with Crippen molar-refractivity contribution in [2.24, 2.45) is 0 Å². The summed E-state index contributed by atoms with van der Waals surface area (Å²) in [4.78, 5) is 35.2. The molecule has 1 N–H and O–H groups in total. The third-order valence-corrected chi connectivity index (χ3v) is 7.06. The van der Waals surface area contributed by atoms with Gasteiger partial charge in [0, 0.05) is 23.3 Å². The first-order chi connectivity index (χ1) is 17.6. The summed E-state index contributed by atoms with van der Waals surface area (Å²) < 4.78 is 5.57. The van der Waals surface area contributed by atoms with Crippen molar-refractivity contribution < 1.29 is 14.0 Å². The van der Waals surface area contributed by atoms with Gasteiger partial charge in [0.05, 0.1) is 6.54 Å². The molecule has 4 heterocycles. The number of pyridine rings is 1. The van der Waals surface area contributed by atoms with Gasteiger partial charge in [0.2, 0.25) is 17.6 Å². The highest BCUT2D eigenvalue weighted by atomic mass is 32.1. The normalized spacial score (nSPS) is 14.6. The molecule has 0 radical (unpaired) electrons. The number of rotatable bonds is 9. The fourth-order valence-corrected chi connectivity index (χ4v) is 5.14. The molecule has 1 saturated carbocycles. The maximum absolute atomic E-state index is 13.7. The topological polar surface area (TPSA) is 119 Å². The van der Waals surface area contributed by atoms with Gasteiger partial charge in [-0.25, -0.2) is 0 Å². The van der Waals surface area contributed by atoms with Crippen LogP contribution in [0.2, 0.25) is 0 Å². The highest BCUT2D eigenvalue weighted by molar-refractivity contribution is 7.09. The number of hydrogen-bond acceptors (Lipinski definition) is 8. The first kappa shape index (κ1) is 23.9. The molecule has 4 aromatic heterocycles. The first-order valence-corrected chi connectivity index (χ1v) is 12.8. The predicted octanol–water partition coefficient (Wildman–Crippen LogP) is 3.53. The zero-order chi connectivity index (χ0) is 24.9. The minimum absolute atomic E-state index is 0.122. The summed E-state index contributed by atoms with van der Waals surface area (Å²) in [7, 11) is 0. The summed E-state index contributed by atoms with van der Waals surface area (Å²) in [6.07, 6.45) is 7.36. The molecule has 0 aliphatic heterocycles. The highest BCUT2D eigenvalue weighted by Crippen LogP contribution is 2.27. The van der Waals surface area contributed by atoms with Crippen LogP contribution in [0.15, 0.2) is 58.6 Å². The van der Waals surface area contributed by atoms with E-state index in [0.717, 1.165) is 36.3 Å². The summed E-state index contributed by atoms with van der Waals surface area (Å²) in [5.74, 6) is 1.01.